The van der Waals surface area contributed by atoms with Gasteiger partial charge < -0.3 is 0 Å². The predicted molar refractivity (Wildman–Crippen MR) is 74.5 cm³/mol. The number of benzene rings is 2. The van der Waals surface area contributed by atoms with E-state index in [0.29, 0.717) is 15.9 Å². The lowest BCUT2D eigenvalue weighted by molar-refractivity contribution is 0.627. The number of nitrogens with zero attached hydrogens (tertiary/aromatic N) is 3. The maximum atomic E-state index is 13.5. The van der Waals surface area contributed by atoms with Gasteiger partial charge in [0, 0.05) is 15.7 Å². The fourth-order valence-corrected chi connectivity index (χ4v) is 2.36. The normalized spacial score (nSPS) is 10.6. The van der Waals surface area contributed by atoms with E-state index in [1.807, 2.05) is 41.0 Å². The first-order valence-corrected chi connectivity index (χ1v) is 6.45. The monoisotopic (exact) mass is 317 g/mol. The van der Waals surface area contributed by atoms with Crippen molar-refractivity contribution in [3.05, 3.63) is 65.1 Å². The van der Waals surface area contributed by atoms with Gasteiger partial charge in [-0.05, 0) is 30.3 Å². The number of halogens is 2. The quantitative estimate of drug-likeness (QED) is 0.719. The van der Waals surface area contributed by atoms with Crippen LogP contribution in [0.25, 0.3) is 17.1 Å². The molecule has 0 N–H and O–H groups in total. The second-order valence-electron chi connectivity index (χ2n) is 4.02. The Morgan fingerprint density at radius 1 is 1.05 bits per heavy atom. The van der Waals surface area contributed by atoms with E-state index in [1.165, 1.54) is 12.1 Å². The van der Waals surface area contributed by atoms with Crippen molar-refractivity contribution in [1.29, 1.82) is 0 Å². The largest absolute Gasteiger partial charge is 0.282 e. The van der Waals surface area contributed by atoms with E-state index in [4.69, 9.17) is 0 Å². The molecule has 0 radical (unpaired) electrons. The third-order valence-electron chi connectivity index (χ3n) is 2.70. The van der Waals surface area contributed by atoms with Crippen LogP contribution in [0.4, 0.5) is 4.39 Å². The van der Waals surface area contributed by atoms with Gasteiger partial charge in [-0.15, -0.1) is 10.2 Å². The lowest BCUT2D eigenvalue weighted by Crippen LogP contribution is -1.96. The summed E-state index contributed by atoms with van der Waals surface area (Å²) in [5, 5.41) is 7.98. The van der Waals surface area contributed by atoms with Crippen LogP contribution in [0.3, 0.4) is 0 Å². The van der Waals surface area contributed by atoms with E-state index in [0.717, 1.165) is 5.69 Å². The molecule has 0 aliphatic heterocycles. The second kappa shape index (κ2) is 4.93. The maximum Gasteiger partial charge on any atom is 0.168 e. The van der Waals surface area contributed by atoms with Crippen LogP contribution in [-0.2, 0) is 0 Å². The highest BCUT2D eigenvalue weighted by Gasteiger charge is 2.10. The molecule has 0 aliphatic carbocycles. The van der Waals surface area contributed by atoms with E-state index in [2.05, 4.69) is 26.1 Å². The third-order valence-corrected chi connectivity index (χ3v) is 3.16. The summed E-state index contributed by atoms with van der Waals surface area (Å²) in [5.41, 5.74) is 1.61. The average molecular weight is 318 g/mol. The minimum atomic E-state index is -0.313. The van der Waals surface area contributed by atoms with Crippen LogP contribution in [0.2, 0.25) is 0 Å². The molecule has 0 bridgehead atoms. The Kier molecular flexibility index (Phi) is 3.13. The Morgan fingerprint density at radius 3 is 2.58 bits per heavy atom. The minimum absolute atomic E-state index is 0.313. The molecule has 0 aliphatic rings. The summed E-state index contributed by atoms with van der Waals surface area (Å²) in [6, 6.07) is 14.4. The van der Waals surface area contributed by atoms with Gasteiger partial charge in [0.05, 0.1) is 0 Å². The molecule has 1 heterocycles. The van der Waals surface area contributed by atoms with Gasteiger partial charge in [-0.1, -0.05) is 34.1 Å². The molecule has 2 aromatic carbocycles. The predicted octanol–water partition coefficient (Wildman–Crippen LogP) is 3.84. The lowest BCUT2D eigenvalue weighted by atomic mass is 10.2. The zero-order valence-corrected chi connectivity index (χ0v) is 11.4. The Hall–Kier alpha value is -2.01. The molecule has 3 aromatic rings. The van der Waals surface area contributed by atoms with Crippen molar-refractivity contribution in [2.24, 2.45) is 0 Å². The number of para-hydroxylation sites is 1. The van der Waals surface area contributed by atoms with Gasteiger partial charge in [0.15, 0.2) is 5.82 Å². The van der Waals surface area contributed by atoms with Gasteiger partial charge in [-0.25, -0.2) is 4.39 Å². The molecule has 94 valence electrons. The summed E-state index contributed by atoms with van der Waals surface area (Å²) in [7, 11) is 0. The third kappa shape index (κ3) is 2.42. The summed E-state index contributed by atoms with van der Waals surface area (Å²) in [5.74, 6) is 0.290. The molecule has 19 heavy (non-hydrogen) atoms. The highest BCUT2D eigenvalue weighted by atomic mass is 79.9. The number of hydrogen-bond acceptors (Lipinski definition) is 2. The van der Waals surface area contributed by atoms with Crippen molar-refractivity contribution in [2.75, 3.05) is 0 Å². The Labute approximate surface area is 117 Å². The highest BCUT2D eigenvalue weighted by Crippen LogP contribution is 2.24. The van der Waals surface area contributed by atoms with Gasteiger partial charge >= 0.3 is 0 Å². The van der Waals surface area contributed by atoms with Gasteiger partial charge in [0.2, 0.25) is 0 Å². The van der Waals surface area contributed by atoms with Crippen LogP contribution in [0, 0.1) is 5.82 Å². The molecule has 5 heteroatoms. The fourth-order valence-electron chi connectivity index (χ4n) is 1.89. The van der Waals surface area contributed by atoms with E-state index in [9.17, 15) is 4.39 Å². The number of rotatable bonds is 2. The smallest absolute Gasteiger partial charge is 0.168 e. The number of aromatic nitrogens is 3. The van der Waals surface area contributed by atoms with Crippen LogP contribution >= 0.6 is 15.9 Å². The van der Waals surface area contributed by atoms with Crippen molar-refractivity contribution in [1.82, 2.24) is 14.8 Å². The summed E-state index contributed by atoms with van der Waals surface area (Å²) < 4.78 is 16.0. The second-order valence-corrected chi connectivity index (χ2v) is 4.93. The molecule has 0 amide bonds. The zero-order valence-electron chi connectivity index (χ0n) is 9.79. The molecule has 0 atom stereocenters. The molecule has 0 saturated heterocycles. The summed E-state index contributed by atoms with van der Waals surface area (Å²) in [6.45, 7) is 0. The first-order valence-electron chi connectivity index (χ1n) is 5.66. The average Bonchev–Trinajstić information content (AvgIpc) is 2.88. The Bertz CT molecular complexity index is 689. The molecule has 0 spiro atoms. The zero-order chi connectivity index (χ0) is 13.2. The van der Waals surface area contributed by atoms with Crippen molar-refractivity contribution in [3.8, 4) is 17.1 Å². The van der Waals surface area contributed by atoms with E-state index in [-0.39, 0.29) is 5.82 Å². The fraction of sp³-hybridized carbons (Fsp3) is 0. The van der Waals surface area contributed by atoms with E-state index in [1.54, 1.807) is 6.33 Å². The standard InChI is InChI=1S/C14H9BrFN3/c15-11-6-10(7-12(16)8-11)14-18-17-9-19(14)13-4-2-1-3-5-13/h1-9H. The maximum absolute atomic E-state index is 13.5. The van der Waals surface area contributed by atoms with Gasteiger partial charge in [-0.2, -0.15) is 0 Å². The lowest BCUT2D eigenvalue weighted by Gasteiger charge is -2.07. The Balaban J connectivity index is 2.15. The summed E-state index contributed by atoms with van der Waals surface area (Å²) in [4.78, 5) is 0. The van der Waals surface area contributed by atoms with Crippen LogP contribution in [0.5, 0.6) is 0 Å². The van der Waals surface area contributed by atoms with Crippen molar-refractivity contribution in [2.45, 2.75) is 0 Å². The SMILES string of the molecule is Fc1cc(Br)cc(-c2nncn2-c2ccccc2)c1. The van der Waals surface area contributed by atoms with Crippen molar-refractivity contribution in [3.63, 3.8) is 0 Å². The minimum Gasteiger partial charge on any atom is -0.282 e. The topological polar surface area (TPSA) is 30.7 Å². The summed E-state index contributed by atoms with van der Waals surface area (Å²) >= 11 is 3.28. The molecule has 0 unspecified atom stereocenters. The van der Waals surface area contributed by atoms with Crippen molar-refractivity contribution < 1.29 is 4.39 Å². The molecule has 1 aromatic heterocycles. The van der Waals surface area contributed by atoms with Crippen LogP contribution < -0.4 is 0 Å². The highest BCUT2D eigenvalue weighted by molar-refractivity contribution is 9.10. The van der Waals surface area contributed by atoms with Crippen molar-refractivity contribution >= 4 is 15.9 Å². The van der Waals surface area contributed by atoms with Crippen LogP contribution in [0.1, 0.15) is 0 Å². The summed E-state index contributed by atoms with van der Waals surface area (Å²) in [6.07, 6.45) is 1.61. The molecule has 3 rings (SSSR count). The molecule has 0 fully saturated rings. The van der Waals surface area contributed by atoms with Gasteiger partial charge in [0.1, 0.15) is 12.1 Å². The van der Waals surface area contributed by atoms with E-state index >= 15 is 0 Å². The number of hydrogen-bond donors (Lipinski definition) is 0. The Morgan fingerprint density at radius 2 is 1.84 bits per heavy atom. The first-order chi connectivity index (χ1) is 9.24. The first kappa shape index (κ1) is 12.0. The molecule has 0 saturated carbocycles. The van der Waals surface area contributed by atoms with Crippen LogP contribution in [-0.4, -0.2) is 14.8 Å². The van der Waals surface area contributed by atoms with Gasteiger partial charge in [-0.3, -0.25) is 4.57 Å². The molecular formula is C14H9BrFN3. The van der Waals surface area contributed by atoms with Crippen LogP contribution in [0.15, 0.2) is 59.3 Å². The molecule has 3 nitrogen and oxygen atoms in total. The van der Waals surface area contributed by atoms with E-state index < -0.39 is 0 Å². The van der Waals surface area contributed by atoms with Gasteiger partial charge in [0.25, 0.3) is 0 Å². The molecular weight excluding hydrogens is 309 g/mol.